The third-order valence-electron chi connectivity index (χ3n) is 14.3. The number of esters is 3. The van der Waals surface area contributed by atoms with Crippen LogP contribution in [0, 0.1) is 0 Å². The number of rotatable bonds is 65. The van der Waals surface area contributed by atoms with Crippen LogP contribution in [0.4, 0.5) is 0 Å². The van der Waals surface area contributed by atoms with E-state index in [1.54, 1.807) is 0 Å². The molecule has 4 N–H and O–H groups in total. The number of unbranched alkanes of at least 4 members (excludes halogenated alkanes) is 26. The lowest BCUT2D eigenvalue weighted by atomic mass is 10.1. The zero-order valence-electron chi connectivity index (χ0n) is 55.6. The fourth-order valence-electron chi connectivity index (χ4n) is 9.02. The third kappa shape index (κ3) is 65.8. The van der Waals surface area contributed by atoms with E-state index < -0.39 is 91.5 Å². The van der Waals surface area contributed by atoms with Crippen molar-refractivity contribution in [2.24, 2.45) is 0 Å². The molecule has 0 saturated heterocycles. The fraction of sp³-hybridized carbons (Fsp3) is 0.732. The lowest BCUT2D eigenvalue weighted by Crippen LogP contribution is -2.30. The maximum absolute atomic E-state index is 12.8. The smallest absolute Gasteiger partial charge is 0.463 e. The van der Waals surface area contributed by atoms with Crippen molar-refractivity contribution >= 4 is 33.6 Å². The Morgan fingerprint density at radius 2 is 0.618 bits per heavy atom. The summed E-state index contributed by atoms with van der Waals surface area (Å²) in [5.41, 5.74) is 0. The van der Waals surface area contributed by atoms with Gasteiger partial charge in [-0.1, -0.05) is 259 Å². The molecule has 0 aromatic rings. The van der Waals surface area contributed by atoms with Crippen molar-refractivity contribution in [3.8, 4) is 0 Å². The van der Waals surface area contributed by atoms with Gasteiger partial charge in [0.1, 0.15) is 25.4 Å². The number of aliphatic hydroxyl groups is 2. The summed E-state index contributed by atoms with van der Waals surface area (Å²) in [6.45, 7) is 2.46. The van der Waals surface area contributed by atoms with Crippen LogP contribution in [0.15, 0.2) is 97.2 Å². The molecular formula is C71H124O16P2. The van der Waals surface area contributed by atoms with Crippen molar-refractivity contribution in [1.29, 1.82) is 0 Å². The highest BCUT2D eigenvalue weighted by Crippen LogP contribution is 2.45. The van der Waals surface area contributed by atoms with Crippen molar-refractivity contribution < 1.29 is 75.8 Å². The Hall–Kier alpha value is -3.53. The first-order valence-electron chi connectivity index (χ1n) is 34.5. The molecule has 5 unspecified atom stereocenters. The number of carbonyl (C=O) groups is 3. The van der Waals surface area contributed by atoms with Crippen LogP contribution in [0.5, 0.6) is 0 Å². The molecule has 0 aliphatic carbocycles. The van der Waals surface area contributed by atoms with Gasteiger partial charge in [0.25, 0.3) is 0 Å². The van der Waals surface area contributed by atoms with E-state index in [1.165, 1.54) is 70.6 Å². The highest BCUT2D eigenvalue weighted by atomic mass is 31.2. The van der Waals surface area contributed by atoms with Gasteiger partial charge >= 0.3 is 33.6 Å². The van der Waals surface area contributed by atoms with Crippen molar-refractivity contribution in [1.82, 2.24) is 0 Å². The summed E-state index contributed by atoms with van der Waals surface area (Å²) in [5.74, 6) is -1.59. The van der Waals surface area contributed by atoms with Crippen molar-refractivity contribution in [2.45, 2.75) is 296 Å². The van der Waals surface area contributed by atoms with E-state index in [4.69, 9.17) is 32.3 Å². The first-order valence-corrected chi connectivity index (χ1v) is 37.5. The zero-order chi connectivity index (χ0) is 65.3. The predicted octanol–water partition coefficient (Wildman–Crippen LogP) is 19.1. The molecular weight excluding hydrogens is 1170 g/mol. The Morgan fingerprint density at radius 3 is 0.989 bits per heavy atom. The van der Waals surface area contributed by atoms with Gasteiger partial charge in [0.2, 0.25) is 0 Å². The lowest BCUT2D eigenvalue weighted by Gasteiger charge is -2.21. The van der Waals surface area contributed by atoms with Gasteiger partial charge in [-0.3, -0.25) is 32.5 Å². The minimum atomic E-state index is -4.92. The van der Waals surface area contributed by atoms with E-state index in [-0.39, 0.29) is 19.3 Å². The third-order valence-corrected chi connectivity index (χ3v) is 16.2. The van der Waals surface area contributed by atoms with E-state index >= 15 is 0 Å². The normalized spacial score (nSPS) is 14.8. The largest absolute Gasteiger partial charge is 0.472 e. The van der Waals surface area contributed by atoms with Crippen LogP contribution < -0.4 is 0 Å². The standard InChI is InChI=1S/C71H124O16P2/c1-4-7-10-13-16-19-22-24-25-26-27-28-29-30-31-32-33-34-35-36-37-38-39-41-44-45-48-51-54-57-69(74)81-60-66(72)61-83-88(77,78)84-62-67(73)63-85-89(79,80)86-65-68(87-71(76)59-56-53-50-47-42-21-18-15-12-9-6-3)64-82-70(75)58-55-52-49-46-43-40-23-20-17-14-11-8-5-2/h7,10-11,14,16,19-20,23-25,27-28,30-31,33-34,66-68,72-73H,4-6,8-9,12-13,15,17-18,21-22,26,29,32,35-65H2,1-3H3,(H,77,78)(H,79,80)/b10-7-,14-11-,19-16-,23-20-,25-24-,28-27-,31-30-,34-33-. The second kappa shape index (κ2) is 64.6. The molecule has 0 rings (SSSR count). The molecule has 0 heterocycles. The molecule has 0 spiro atoms. The van der Waals surface area contributed by atoms with Gasteiger partial charge in [-0.05, 0) is 96.3 Å². The quantitative estimate of drug-likeness (QED) is 0.0146. The van der Waals surface area contributed by atoms with Gasteiger partial charge in [0.15, 0.2) is 6.10 Å². The molecule has 18 heteroatoms. The summed E-state index contributed by atoms with van der Waals surface area (Å²) in [5, 5.41) is 20.5. The van der Waals surface area contributed by atoms with Crippen LogP contribution in [0.2, 0.25) is 0 Å². The molecule has 16 nitrogen and oxygen atoms in total. The Morgan fingerprint density at radius 1 is 0.326 bits per heavy atom. The van der Waals surface area contributed by atoms with E-state index in [9.17, 15) is 43.5 Å². The molecule has 0 radical (unpaired) electrons. The molecule has 0 aliphatic rings. The number of allylic oxidation sites excluding steroid dienone is 16. The predicted molar refractivity (Wildman–Crippen MR) is 362 cm³/mol. The molecule has 0 bridgehead atoms. The van der Waals surface area contributed by atoms with Gasteiger partial charge in [0.05, 0.1) is 26.4 Å². The van der Waals surface area contributed by atoms with Gasteiger partial charge in [0, 0.05) is 19.3 Å². The Labute approximate surface area is 539 Å². The van der Waals surface area contributed by atoms with E-state index in [1.807, 2.05) is 0 Å². The second-order valence-electron chi connectivity index (χ2n) is 23.0. The summed E-state index contributed by atoms with van der Waals surface area (Å²) in [7, 11) is -9.76. The fourth-order valence-corrected chi connectivity index (χ4v) is 10.6. The van der Waals surface area contributed by atoms with Gasteiger partial charge in [-0.25, -0.2) is 9.13 Å². The monoisotopic (exact) mass is 1290 g/mol. The Bertz CT molecular complexity index is 2010. The molecule has 5 atom stereocenters. The lowest BCUT2D eigenvalue weighted by molar-refractivity contribution is -0.161. The maximum atomic E-state index is 12.8. The number of phosphoric acid groups is 2. The minimum Gasteiger partial charge on any atom is -0.463 e. The molecule has 0 aromatic carbocycles. The molecule has 0 saturated carbocycles. The van der Waals surface area contributed by atoms with Crippen molar-refractivity contribution in [2.75, 3.05) is 39.6 Å². The molecule has 89 heavy (non-hydrogen) atoms. The number of ether oxygens (including phenoxy) is 3. The van der Waals surface area contributed by atoms with Crippen LogP contribution in [0.3, 0.4) is 0 Å². The maximum Gasteiger partial charge on any atom is 0.472 e. The van der Waals surface area contributed by atoms with Crippen molar-refractivity contribution in [3.05, 3.63) is 97.2 Å². The summed E-state index contributed by atoms with van der Waals surface area (Å²) in [4.78, 5) is 58.2. The molecule has 514 valence electrons. The summed E-state index contributed by atoms with van der Waals surface area (Å²) >= 11 is 0. The van der Waals surface area contributed by atoms with E-state index in [2.05, 4.69) is 118 Å². The van der Waals surface area contributed by atoms with Gasteiger partial charge < -0.3 is 34.2 Å². The van der Waals surface area contributed by atoms with Crippen LogP contribution in [0.1, 0.15) is 278 Å². The Balaban J connectivity index is 4.41. The zero-order valence-corrected chi connectivity index (χ0v) is 57.4. The van der Waals surface area contributed by atoms with Gasteiger partial charge in [-0.2, -0.15) is 0 Å². The van der Waals surface area contributed by atoms with Crippen LogP contribution >= 0.6 is 15.6 Å². The molecule has 0 aliphatic heterocycles. The molecule has 0 fully saturated rings. The van der Waals surface area contributed by atoms with Crippen LogP contribution in [0.25, 0.3) is 0 Å². The summed E-state index contributed by atoms with van der Waals surface area (Å²) in [6.07, 6.45) is 70.5. The summed E-state index contributed by atoms with van der Waals surface area (Å²) < 4.78 is 60.7. The Kier molecular flexibility index (Phi) is 62.0. The number of aliphatic hydroxyl groups excluding tert-OH is 2. The highest BCUT2D eigenvalue weighted by molar-refractivity contribution is 7.47. The average molecular weight is 1300 g/mol. The first kappa shape index (κ1) is 85.5. The number of hydrogen-bond acceptors (Lipinski definition) is 14. The first-order chi connectivity index (χ1) is 43.2. The van der Waals surface area contributed by atoms with Gasteiger partial charge in [-0.15, -0.1) is 0 Å². The molecule has 0 aromatic heterocycles. The topological polar surface area (TPSA) is 231 Å². The molecule has 0 amide bonds. The average Bonchev–Trinajstić information content (AvgIpc) is 3.73. The van der Waals surface area contributed by atoms with E-state index in [0.29, 0.717) is 19.3 Å². The van der Waals surface area contributed by atoms with Crippen molar-refractivity contribution in [3.63, 3.8) is 0 Å². The summed E-state index contributed by atoms with van der Waals surface area (Å²) in [6, 6.07) is 0. The number of phosphoric ester groups is 2. The van der Waals surface area contributed by atoms with E-state index in [0.717, 1.165) is 148 Å². The minimum absolute atomic E-state index is 0.105. The van der Waals surface area contributed by atoms with Crippen LogP contribution in [-0.2, 0) is 55.8 Å². The van der Waals surface area contributed by atoms with Crippen LogP contribution in [-0.4, -0.2) is 95.9 Å². The highest BCUT2D eigenvalue weighted by Gasteiger charge is 2.29. The second-order valence-corrected chi connectivity index (χ2v) is 25.9. The SMILES string of the molecule is CC/C=C\C/C=C\C/C=C\C/C=C\C/C=C\C/C=C\CCCCCCCCCCCCC(=O)OCC(O)COP(=O)(O)OCC(O)COP(=O)(O)OCC(COC(=O)CCCCCCC/C=C\C/C=C\CCC)OC(=O)CCCCCCCCCCCCC. The number of hydrogen-bond donors (Lipinski definition) is 4. The number of carbonyl (C=O) groups excluding carboxylic acids is 3.